The van der Waals surface area contributed by atoms with E-state index in [1.165, 1.54) is 18.2 Å². The van der Waals surface area contributed by atoms with Crippen LogP contribution in [0.3, 0.4) is 0 Å². The Morgan fingerprint density at radius 1 is 0.700 bits per heavy atom. The van der Waals surface area contributed by atoms with E-state index in [4.69, 9.17) is 18.5 Å². The Labute approximate surface area is 236 Å². The lowest BCUT2D eigenvalue weighted by atomic mass is 10.1. The highest BCUT2D eigenvalue weighted by Gasteiger charge is 2.26. The summed E-state index contributed by atoms with van der Waals surface area (Å²) < 4.78 is 33.8. The molecule has 0 fully saturated rings. The van der Waals surface area contributed by atoms with Gasteiger partial charge in [-0.2, -0.15) is 0 Å². The van der Waals surface area contributed by atoms with Crippen molar-refractivity contribution >= 4 is 25.4 Å². The second kappa shape index (κ2) is 19.1. The minimum absolute atomic E-state index is 0.0713. The number of aryl methyl sites for hydroxylation is 2. The molecule has 0 aliphatic heterocycles. The lowest BCUT2D eigenvalue weighted by molar-refractivity contribution is -0.159. The molecule has 10 nitrogen and oxygen atoms in total. The van der Waals surface area contributed by atoms with E-state index in [2.05, 4.69) is 0 Å². The fourth-order valence-corrected chi connectivity index (χ4v) is 5.03. The maximum Gasteiger partial charge on any atom is 0.336 e. The molecule has 220 valence electrons. The molecule has 11 heteroatoms. The highest BCUT2D eigenvalue weighted by Crippen LogP contribution is 2.49. The van der Waals surface area contributed by atoms with E-state index in [9.17, 15) is 24.2 Å². The molecular weight excluding hydrogens is 537 g/mol. The predicted molar refractivity (Wildman–Crippen MR) is 148 cm³/mol. The van der Waals surface area contributed by atoms with Crippen molar-refractivity contribution in [1.29, 1.82) is 0 Å². The molecule has 0 atom stereocenters. The van der Waals surface area contributed by atoms with Crippen LogP contribution in [0.15, 0.2) is 60.7 Å². The number of hydrogen-bond acceptors (Lipinski definition) is 9. The minimum Gasteiger partial charge on any atom is -0.438 e. The minimum atomic E-state index is -3.87. The molecule has 0 saturated heterocycles. The third kappa shape index (κ3) is 14.9. The van der Waals surface area contributed by atoms with E-state index in [0.29, 0.717) is 17.9 Å². The summed E-state index contributed by atoms with van der Waals surface area (Å²) >= 11 is 0. The van der Waals surface area contributed by atoms with Crippen molar-refractivity contribution in [1.82, 2.24) is 5.06 Å². The van der Waals surface area contributed by atoms with E-state index in [1.54, 1.807) is 0 Å². The molecule has 40 heavy (non-hydrogen) atoms. The molecule has 1 amide bonds. The normalized spacial score (nSPS) is 11.2. The van der Waals surface area contributed by atoms with Gasteiger partial charge in [-0.25, -0.2) is 5.06 Å². The predicted octanol–water partition coefficient (Wildman–Crippen LogP) is 5.67. The molecule has 1 N–H and O–H groups in total. The molecule has 0 aliphatic carbocycles. The van der Waals surface area contributed by atoms with Crippen molar-refractivity contribution in [2.75, 3.05) is 26.8 Å². The summed E-state index contributed by atoms with van der Waals surface area (Å²) in [5.74, 6) is -1.58. The first-order chi connectivity index (χ1) is 19.3. The van der Waals surface area contributed by atoms with Gasteiger partial charge in [-0.3, -0.25) is 33.2 Å². The van der Waals surface area contributed by atoms with Crippen LogP contribution in [0.25, 0.3) is 0 Å². The van der Waals surface area contributed by atoms with Crippen molar-refractivity contribution < 1.29 is 42.7 Å². The van der Waals surface area contributed by atoms with E-state index in [1.807, 2.05) is 60.7 Å². The molecule has 2 aromatic rings. The monoisotopic (exact) mass is 577 g/mol. The number of benzene rings is 2. The van der Waals surface area contributed by atoms with Gasteiger partial charge in [0.05, 0.1) is 6.16 Å². The topological polar surface area (TPSA) is 129 Å². The molecule has 0 radical (unpaired) electrons. The zero-order chi connectivity index (χ0) is 29.1. The van der Waals surface area contributed by atoms with Gasteiger partial charge in [0.2, 0.25) is 19.5 Å². The van der Waals surface area contributed by atoms with Gasteiger partial charge in [0, 0.05) is 26.3 Å². The highest BCUT2D eigenvalue weighted by atomic mass is 31.2. The van der Waals surface area contributed by atoms with Crippen LogP contribution in [0, 0.1) is 0 Å². The first kappa shape index (κ1) is 33.2. The Morgan fingerprint density at radius 3 is 1.57 bits per heavy atom. The van der Waals surface area contributed by atoms with Gasteiger partial charge in [-0.15, -0.1) is 0 Å². The molecule has 0 bridgehead atoms. The van der Waals surface area contributed by atoms with Crippen LogP contribution in [-0.2, 0) is 50.3 Å². The molecule has 0 unspecified atom stereocenters. The summed E-state index contributed by atoms with van der Waals surface area (Å²) in [6.45, 7) is -1.20. The standard InChI is InChI=1S/C29H40NO9P/c1-30(34)27(31)19-12-22-40(35,38-23-36-28(32)20-10-8-17-25-13-4-2-5-14-25)39-24-37-29(33)21-11-9-18-26-15-6-3-7-16-26/h2-7,13-16,34H,8-12,17-24H2,1H3. The van der Waals surface area contributed by atoms with Gasteiger partial charge < -0.3 is 9.47 Å². The Balaban J connectivity index is 1.70. The number of esters is 2. The number of rotatable bonds is 20. The fourth-order valence-electron chi connectivity index (χ4n) is 3.73. The van der Waals surface area contributed by atoms with Crippen molar-refractivity contribution in [3.05, 3.63) is 71.8 Å². The average molecular weight is 578 g/mol. The molecule has 0 saturated carbocycles. The zero-order valence-corrected chi connectivity index (χ0v) is 24.0. The maximum absolute atomic E-state index is 13.1. The largest absolute Gasteiger partial charge is 0.438 e. The number of amides is 1. The Kier molecular flexibility index (Phi) is 15.8. The van der Waals surface area contributed by atoms with E-state index in [0.717, 1.165) is 25.7 Å². The number of nitrogens with zero attached hydrogens (tertiary/aromatic N) is 1. The smallest absolute Gasteiger partial charge is 0.336 e. The van der Waals surface area contributed by atoms with Gasteiger partial charge in [0.25, 0.3) is 0 Å². The third-order valence-corrected chi connectivity index (χ3v) is 7.86. The van der Waals surface area contributed by atoms with E-state index < -0.39 is 39.0 Å². The second-order valence-electron chi connectivity index (χ2n) is 9.27. The summed E-state index contributed by atoms with van der Waals surface area (Å²) in [4.78, 5) is 35.7. The molecule has 0 aliphatic rings. The van der Waals surface area contributed by atoms with E-state index in [-0.39, 0.29) is 31.8 Å². The van der Waals surface area contributed by atoms with Gasteiger partial charge in [-0.1, -0.05) is 60.7 Å². The first-order valence-electron chi connectivity index (χ1n) is 13.5. The van der Waals surface area contributed by atoms with Crippen molar-refractivity contribution in [2.45, 2.75) is 64.2 Å². The number of hydrogen-bond donors (Lipinski definition) is 1. The van der Waals surface area contributed by atoms with Crippen LogP contribution in [0.4, 0.5) is 0 Å². The molecule has 2 rings (SSSR count). The molecule has 0 spiro atoms. The second-order valence-corrected chi connectivity index (χ2v) is 11.5. The van der Waals surface area contributed by atoms with Crippen molar-refractivity contribution in [2.24, 2.45) is 0 Å². The number of ether oxygens (including phenoxy) is 2. The van der Waals surface area contributed by atoms with Gasteiger partial charge in [0.1, 0.15) is 0 Å². The van der Waals surface area contributed by atoms with Crippen LogP contribution < -0.4 is 0 Å². The quantitative estimate of drug-likeness (QED) is 0.0529. The maximum atomic E-state index is 13.1. The molecule has 2 aromatic carbocycles. The van der Waals surface area contributed by atoms with Crippen molar-refractivity contribution in [3.63, 3.8) is 0 Å². The summed E-state index contributed by atoms with van der Waals surface area (Å²) in [6.07, 6.45) is 4.70. The zero-order valence-electron chi connectivity index (χ0n) is 23.1. The number of hydroxylamine groups is 2. The van der Waals surface area contributed by atoms with Crippen LogP contribution in [-0.4, -0.2) is 54.9 Å². The Hall–Kier alpha value is -3.04. The number of carbonyl (C=O) groups excluding carboxylic acids is 3. The van der Waals surface area contributed by atoms with Crippen molar-refractivity contribution in [3.8, 4) is 0 Å². The number of unbranched alkanes of at least 4 members (excludes halogenated alkanes) is 2. The Morgan fingerprint density at radius 2 is 1.15 bits per heavy atom. The third-order valence-electron chi connectivity index (χ3n) is 6.00. The van der Waals surface area contributed by atoms with Crippen LogP contribution in [0.1, 0.15) is 62.5 Å². The SMILES string of the molecule is CN(O)C(=O)CCCP(=O)(OCOC(=O)CCCCc1ccccc1)OCOC(=O)CCCCc1ccccc1. The molecule has 0 heterocycles. The molecule has 0 aromatic heterocycles. The Bertz CT molecular complexity index is 994. The lowest BCUT2D eigenvalue weighted by Crippen LogP contribution is -2.22. The number of carbonyl (C=O) groups is 3. The molecular formula is C29H40NO9P. The fraction of sp³-hybridized carbons (Fsp3) is 0.483. The van der Waals surface area contributed by atoms with Crippen LogP contribution in [0.2, 0.25) is 0 Å². The highest BCUT2D eigenvalue weighted by molar-refractivity contribution is 7.53. The summed E-state index contributed by atoms with van der Waals surface area (Å²) in [5.41, 5.74) is 2.38. The van der Waals surface area contributed by atoms with E-state index >= 15 is 0 Å². The van der Waals surface area contributed by atoms with Gasteiger partial charge in [0.15, 0.2) is 0 Å². The summed E-state index contributed by atoms with van der Waals surface area (Å²) in [5, 5.41) is 9.64. The van der Waals surface area contributed by atoms with Crippen LogP contribution >= 0.6 is 7.60 Å². The average Bonchev–Trinajstić information content (AvgIpc) is 2.94. The van der Waals surface area contributed by atoms with Crippen LogP contribution in [0.5, 0.6) is 0 Å². The summed E-state index contributed by atoms with van der Waals surface area (Å²) in [6, 6.07) is 19.9. The van der Waals surface area contributed by atoms with Gasteiger partial charge in [-0.05, 0) is 56.1 Å². The van der Waals surface area contributed by atoms with Gasteiger partial charge >= 0.3 is 19.5 Å². The summed E-state index contributed by atoms with van der Waals surface area (Å²) in [7, 11) is -2.68. The lowest BCUT2D eigenvalue weighted by Gasteiger charge is -2.18. The first-order valence-corrected chi connectivity index (χ1v) is 15.2.